The Balaban J connectivity index is 2.00. The van der Waals surface area contributed by atoms with E-state index in [9.17, 15) is 9.18 Å². The second-order valence-electron chi connectivity index (χ2n) is 5.55. The molecule has 0 aromatic heterocycles. The first-order valence-electron chi connectivity index (χ1n) is 7.19. The first-order chi connectivity index (χ1) is 9.97. The van der Waals surface area contributed by atoms with Crippen molar-refractivity contribution >= 4 is 11.8 Å². The minimum Gasteiger partial charge on any atom is -0.449 e. The fourth-order valence-electron chi connectivity index (χ4n) is 2.72. The number of benzene rings is 1. The molecule has 5 nitrogen and oxygen atoms in total. The summed E-state index contributed by atoms with van der Waals surface area (Å²) in [5.41, 5.74) is 12.7. The molecule has 1 fully saturated rings. The van der Waals surface area contributed by atoms with Crippen LogP contribution in [0.4, 0.5) is 14.9 Å². The van der Waals surface area contributed by atoms with Gasteiger partial charge in [-0.2, -0.15) is 0 Å². The van der Waals surface area contributed by atoms with Gasteiger partial charge in [-0.15, -0.1) is 0 Å². The fourth-order valence-corrected chi connectivity index (χ4v) is 2.72. The summed E-state index contributed by atoms with van der Waals surface area (Å²) in [5, 5.41) is 0. The van der Waals surface area contributed by atoms with Gasteiger partial charge in [-0.1, -0.05) is 0 Å². The third-order valence-corrected chi connectivity index (χ3v) is 3.90. The van der Waals surface area contributed by atoms with Gasteiger partial charge in [-0.25, -0.2) is 9.18 Å². The predicted octanol–water partition coefficient (Wildman–Crippen LogP) is 2.16. The van der Waals surface area contributed by atoms with E-state index in [1.807, 2.05) is 6.92 Å². The van der Waals surface area contributed by atoms with Gasteiger partial charge in [0.05, 0.1) is 6.61 Å². The highest BCUT2D eigenvalue weighted by molar-refractivity contribution is 5.64. The van der Waals surface area contributed by atoms with Crippen molar-refractivity contribution in [2.75, 3.05) is 24.6 Å². The molecule has 4 N–H and O–H groups in total. The number of piperidine rings is 1. The van der Waals surface area contributed by atoms with Crippen LogP contribution in [0.1, 0.15) is 31.4 Å². The zero-order chi connectivity index (χ0) is 15.4. The topological polar surface area (TPSA) is 81.6 Å². The van der Waals surface area contributed by atoms with Crippen LogP contribution in [0.3, 0.4) is 0 Å². The smallest absolute Gasteiger partial charge is 0.404 e. The lowest BCUT2D eigenvalue weighted by Crippen LogP contribution is -2.36. The molecule has 21 heavy (non-hydrogen) atoms. The van der Waals surface area contributed by atoms with Gasteiger partial charge in [0.15, 0.2) is 0 Å². The van der Waals surface area contributed by atoms with Gasteiger partial charge < -0.3 is 21.1 Å². The average molecular weight is 295 g/mol. The van der Waals surface area contributed by atoms with E-state index in [0.717, 1.165) is 37.2 Å². The van der Waals surface area contributed by atoms with E-state index in [1.165, 1.54) is 12.1 Å². The van der Waals surface area contributed by atoms with Crippen LogP contribution in [0, 0.1) is 11.7 Å². The van der Waals surface area contributed by atoms with E-state index in [2.05, 4.69) is 4.90 Å². The fraction of sp³-hybridized carbons (Fsp3) is 0.533. The Bertz CT molecular complexity index is 500. The number of nitrogens with two attached hydrogens (primary N) is 2. The summed E-state index contributed by atoms with van der Waals surface area (Å²) in [6.45, 7) is 3.88. The molecule has 1 saturated heterocycles. The monoisotopic (exact) mass is 295 g/mol. The van der Waals surface area contributed by atoms with Gasteiger partial charge in [-0.05, 0) is 49.4 Å². The van der Waals surface area contributed by atoms with Crippen LogP contribution in [0.25, 0.3) is 0 Å². The first-order valence-corrected chi connectivity index (χ1v) is 7.19. The summed E-state index contributed by atoms with van der Waals surface area (Å²) in [7, 11) is 0. The van der Waals surface area contributed by atoms with Crippen LogP contribution in [0.15, 0.2) is 18.2 Å². The molecule has 2 rings (SSSR count). The zero-order valence-corrected chi connectivity index (χ0v) is 12.2. The Morgan fingerprint density at radius 2 is 2.14 bits per heavy atom. The number of primary amides is 1. The molecule has 0 spiro atoms. The lowest BCUT2D eigenvalue weighted by Gasteiger charge is -2.35. The molecule has 116 valence electrons. The van der Waals surface area contributed by atoms with Crippen molar-refractivity contribution in [3.8, 4) is 0 Å². The Morgan fingerprint density at radius 1 is 1.48 bits per heavy atom. The van der Waals surface area contributed by atoms with Crippen molar-refractivity contribution < 1.29 is 13.9 Å². The van der Waals surface area contributed by atoms with Gasteiger partial charge in [-0.3, -0.25) is 0 Å². The standard InChI is InChI=1S/C15H22FN3O2/c1-10(17)13-8-12(16)2-3-14(13)19-6-4-11(5-7-19)9-21-15(18)20/h2-3,8,10-11H,4-7,9,17H2,1H3,(H2,18,20). The van der Waals surface area contributed by atoms with Gasteiger partial charge in [0.1, 0.15) is 5.82 Å². The molecule has 0 radical (unpaired) electrons. The SMILES string of the molecule is CC(N)c1cc(F)ccc1N1CCC(COC(N)=O)CC1. The van der Waals surface area contributed by atoms with Gasteiger partial charge in [0, 0.05) is 24.8 Å². The molecular formula is C15H22FN3O2. The molecule has 1 aliphatic rings. The second-order valence-corrected chi connectivity index (χ2v) is 5.55. The number of hydrogen-bond donors (Lipinski definition) is 2. The lowest BCUT2D eigenvalue weighted by atomic mass is 9.96. The molecule has 1 aliphatic heterocycles. The molecule has 0 bridgehead atoms. The number of ether oxygens (including phenoxy) is 1. The minimum absolute atomic E-state index is 0.216. The van der Waals surface area contributed by atoms with E-state index in [1.54, 1.807) is 6.07 Å². The molecule has 1 atom stereocenters. The highest BCUT2D eigenvalue weighted by Crippen LogP contribution is 2.30. The van der Waals surface area contributed by atoms with Gasteiger partial charge in [0.25, 0.3) is 0 Å². The van der Waals surface area contributed by atoms with Crippen molar-refractivity contribution in [2.45, 2.75) is 25.8 Å². The van der Waals surface area contributed by atoms with Crippen LogP contribution in [-0.2, 0) is 4.74 Å². The molecule has 1 aromatic carbocycles. The number of nitrogens with zero attached hydrogens (tertiary/aromatic N) is 1. The molecule has 0 saturated carbocycles. The van der Waals surface area contributed by atoms with Crippen molar-refractivity contribution in [3.05, 3.63) is 29.6 Å². The van der Waals surface area contributed by atoms with Crippen LogP contribution in [0.2, 0.25) is 0 Å². The molecule has 1 unspecified atom stereocenters. The predicted molar refractivity (Wildman–Crippen MR) is 79.5 cm³/mol. The third kappa shape index (κ3) is 4.07. The normalized spacial score (nSPS) is 17.6. The number of hydrogen-bond acceptors (Lipinski definition) is 4. The van der Waals surface area contributed by atoms with Crippen LogP contribution in [-0.4, -0.2) is 25.8 Å². The number of halogens is 1. The zero-order valence-electron chi connectivity index (χ0n) is 12.2. The largest absolute Gasteiger partial charge is 0.449 e. The number of carbonyl (C=O) groups is 1. The van der Waals surface area contributed by atoms with Crippen LogP contribution in [0.5, 0.6) is 0 Å². The summed E-state index contributed by atoms with van der Waals surface area (Å²) in [6, 6.07) is 4.53. The van der Waals surface area contributed by atoms with Crippen molar-refractivity contribution in [3.63, 3.8) is 0 Å². The van der Waals surface area contributed by atoms with Crippen LogP contribution >= 0.6 is 0 Å². The van der Waals surface area contributed by atoms with Gasteiger partial charge in [0.2, 0.25) is 0 Å². The summed E-state index contributed by atoms with van der Waals surface area (Å²) >= 11 is 0. The molecular weight excluding hydrogens is 273 g/mol. The third-order valence-electron chi connectivity index (χ3n) is 3.90. The van der Waals surface area contributed by atoms with E-state index in [0.29, 0.717) is 12.5 Å². The molecule has 6 heteroatoms. The molecule has 1 aromatic rings. The minimum atomic E-state index is -0.727. The summed E-state index contributed by atoms with van der Waals surface area (Å²) < 4.78 is 18.2. The second kappa shape index (κ2) is 6.76. The number of anilines is 1. The Hall–Kier alpha value is -1.82. The first kappa shape index (κ1) is 15.6. The maximum Gasteiger partial charge on any atom is 0.404 e. The maximum atomic E-state index is 13.4. The summed E-state index contributed by atoms with van der Waals surface area (Å²) in [4.78, 5) is 12.8. The Kier molecular flexibility index (Phi) is 5.01. The number of amides is 1. The van der Waals surface area contributed by atoms with E-state index < -0.39 is 6.09 Å². The van der Waals surface area contributed by atoms with Crippen LogP contribution < -0.4 is 16.4 Å². The summed E-state index contributed by atoms with van der Waals surface area (Å²) in [5.74, 6) is 0.0590. The lowest BCUT2D eigenvalue weighted by molar-refractivity contribution is 0.129. The van der Waals surface area contributed by atoms with E-state index >= 15 is 0 Å². The van der Waals surface area contributed by atoms with E-state index in [-0.39, 0.29) is 11.9 Å². The highest BCUT2D eigenvalue weighted by Gasteiger charge is 2.22. The highest BCUT2D eigenvalue weighted by atomic mass is 19.1. The van der Waals surface area contributed by atoms with E-state index in [4.69, 9.17) is 16.2 Å². The summed E-state index contributed by atoms with van der Waals surface area (Å²) in [6.07, 6.45) is 1.08. The van der Waals surface area contributed by atoms with Crippen molar-refractivity contribution in [2.24, 2.45) is 17.4 Å². The molecule has 0 aliphatic carbocycles. The Labute approximate surface area is 124 Å². The van der Waals surface area contributed by atoms with Crippen molar-refractivity contribution in [1.82, 2.24) is 0 Å². The number of carbonyl (C=O) groups excluding carboxylic acids is 1. The average Bonchev–Trinajstić information content (AvgIpc) is 2.45. The maximum absolute atomic E-state index is 13.4. The molecule has 1 amide bonds. The van der Waals surface area contributed by atoms with Crippen molar-refractivity contribution in [1.29, 1.82) is 0 Å². The van der Waals surface area contributed by atoms with Gasteiger partial charge >= 0.3 is 6.09 Å². The molecule has 1 heterocycles. The quantitative estimate of drug-likeness (QED) is 0.892. The number of rotatable bonds is 4. The Morgan fingerprint density at radius 3 is 2.71 bits per heavy atom.